The summed E-state index contributed by atoms with van der Waals surface area (Å²) >= 11 is 12.8. The fourth-order valence-electron chi connectivity index (χ4n) is 2.72. The number of esters is 1. The largest absolute Gasteiger partial charge is 0.469 e. The molecule has 0 fully saturated rings. The molecular formula is C19H36Cl2O2. The van der Waals surface area contributed by atoms with Gasteiger partial charge in [-0.1, -0.05) is 71.1 Å². The van der Waals surface area contributed by atoms with E-state index in [0.29, 0.717) is 6.42 Å². The number of methoxy groups -OCH3 is 1. The van der Waals surface area contributed by atoms with E-state index in [1.54, 1.807) is 0 Å². The molecule has 0 saturated heterocycles. The molecule has 2 atom stereocenters. The van der Waals surface area contributed by atoms with Crippen molar-refractivity contribution in [3.63, 3.8) is 0 Å². The number of hydrogen-bond acceptors (Lipinski definition) is 2. The molecule has 0 spiro atoms. The predicted octanol–water partition coefficient (Wildman–Crippen LogP) is 6.86. The van der Waals surface area contributed by atoms with Gasteiger partial charge in [-0.2, -0.15) is 0 Å². The first kappa shape index (κ1) is 23.1. The van der Waals surface area contributed by atoms with Crippen molar-refractivity contribution >= 4 is 29.2 Å². The Kier molecular flexibility index (Phi) is 16.9. The average molecular weight is 367 g/mol. The van der Waals surface area contributed by atoms with Gasteiger partial charge in [-0.15, -0.1) is 23.2 Å². The first-order valence-electron chi connectivity index (χ1n) is 9.46. The first-order valence-corrected chi connectivity index (χ1v) is 10.3. The van der Waals surface area contributed by atoms with E-state index in [2.05, 4.69) is 11.7 Å². The molecule has 0 aliphatic rings. The lowest BCUT2D eigenvalue weighted by Gasteiger charge is -2.16. The van der Waals surface area contributed by atoms with Gasteiger partial charge in [0.2, 0.25) is 0 Å². The van der Waals surface area contributed by atoms with Crippen molar-refractivity contribution in [1.82, 2.24) is 0 Å². The van der Waals surface area contributed by atoms with Crippen LogP contribution < -0.4 is 0 Å². The number of rotatable bonds is 16. The minimum Gasteiger partial charge on any atom is -0.469 e. The van der Waals surface area contributed by atoms with E-state index in [4.69, 9.17) is 23.2 Å². The topological polar surface area (TPSA) is 26.3 Å². The van der Waals surface area contributed by atoms with Crippen molar-refractivity contribution in [2.75, 3.05) is 7.11 Å². The van der Waals surface area contributed by atoms with Crippen LogP contribution in [0.2, 0.25) is 0 Å². The van der Waals surface area contributed by atoms with Gasteiger partial charge >= 0.3 is 5.97 Å². The smallest absolute Gasteiger partial charge is 0.305 e. The summed E-state index contributed by atoms with van der Waals surface area (Å²) in [6.45, 7) is 2.24. The van der Waals surface area contributed by atoms with Crippen molar-refractivity contribution in [3.8, 4) is 0 Å². The molecule has 0 aromatic carbocycles. The second-order valence-corrected chi connectivity index (χ2v) is 7.59. The summed E-state index contributed by atoms with van der Waals surface area (Å²) in [4.78, 5) is 11.0. The molecule has 0 saturated carbocycles. The van der Waals surface area contributed by atoms with E-state index in [1.165, 1.54) is 52.1 Å². The van der Waals surface area contributed by atoms with Crippen LogP contribution >= 0.6 is 23.2 Å². The Balaban J connectivity index is 3.40. The van der Waals surface area contributed by atoms with Gasteiger partial charge in [0, 0.05) is 17.2 Å². The zero-order chi connectivity index (χ0) is 17.3. The van der Waals surface area contributed by atoms with Gasteiger partial charge < -0.3 is 4.74 Å². The Morgan fingerprint density at radius 2 is 1.22 bits per heavy atom. The van der Waals surface area contributed by atoms with Crippen molar-refractivity contribution in [2.45, 2.75) is 108 Å². The van der Waals surface area contributed by atoms with Gasteiger partial charge in [-0.25, -0.2) is 0 Å². The Hall–Kier alpha value is 0.0500. The molecule has 0 radical (unpaired) electrons. The quantitative estimate of drug-likeness (QED) is 0.169. The van der Waals surface area contributed by atoms with E-state index in [-0.39, 0.29) is 16.7 Å². The van der Waals surface area contributed by atoms with Crippen LogP contribution in [-0.2, 0) is 9.53 Å². The SMILES string of the molecule is CCCCCCCC[C@H](Cl)[C@@H](Cl)CCCCCCCC(=O)OC. The molecule has 0 aromatic rings. The zero-order valence-corrected chi connectivity index (χ0v) is 16.6. The molecule has 0 heterocycles. The third kappa shape index (κ3) is 15.3. The number of halogens is 2. The van der Waals surface area contributed by atoms with E-state index in [0.717, 1.165) is 38.5 Å². The van der Waals surface area contributed by atoms with Crippen LogP contribution in [0.4, 0.5) is 0 Å². The van der Waals surface area contributed by atoms with Crippen LogP contribution in [0, 0.1) is 0 Å². The summed E-state index contributed by atoms with van der Waals surface area (Å²) in [5, 5.41) is 0.213. The fraction of sp³-hybridized carbons (Fsp3) is 0.947. The normalized spacial score (nSPS) is 13.7. The summed E-state index contributed by atoms with van der Waals surface area (Å²) in [6, 6.07) is 0. The van der Waals surface area contributed by atoms with Gasteiger partial charge in [0.15, 0.2) is 0 Å². The lowest BCUT2D eigenvalue weighted by Crippen LogP contribution is -2.14. The summed E-state index contributed by atoms with van der Waals surface area (Å²) in [5.74, 6) is -0.106. The highest BCUT2D eigenvalue weighted by molar-refractivity contribution is 6.29. The predicted molar refractivity (Wildman–Crippen MR) is 102 cm³/mol. The van der Waals surface area contributed by atoms with Crippen LogP contribution in [0.25, 0.3) is 0 Å². The number of carbonyl (C=O) groups is 1. The third-order valence-electron chi connectivity index (χ3n) is 4.31. The van der Waals surface area contributed by atoms with Gasteiger partial charge in [0.1, 0.15) is 0 Å². The van der Waals surface area contributed by atoms with Crippen molar-refractivity contribution in [2.24, 2.45) is 0 Å². The Bertz CT molecular complexity index is 272. The molecule has 0 bridgehead atoms. The molecule has 0 N–H and O–H groups in total. The Morgan fingerprint density at radius 1 is 0.783 bits per heavy atom. The van der Waals surface area contributed by atoms with Crippen LogP contribution in [0.15, 0.2) is 0 Å². The summed E-state index contributed by atoms with van der Waals surface area (Å²) in [5.41, 5.74) is 0. The number of carbonyl (C=O) groups excluding carboxylic acids is 1. The molecule has 2 nitrogen and oxygen atoms in total. The summed E-state index contributed by atoms with van der Waals surface area (Å²) in [7, 11) is 1.44. The fourth-order valence-corrected chi connectivity index (χ4v) is 3.28. The van der Waals surface area contributed by atoms with Gasteiger partial charge in [0.25, 0.3) is 0 Å². The van der Waals surface area contributed by atoms with Crippen LogP contribution in [-0.4, -0.2) is 23.8 Å². The van der Waals surface area contributed by atoms with Gasteiger partial charge in [0.05, 0.1) is 7.11 Å². The number of ether oxygens (including phenoxy) is 1. The maximum atomic E-state index is 11.0. The molecule has 0 aliphatic heterocycles. The van der Waals surface area contributed by atoms with Crippen molar-refractivity contribution in [1.29, 1.82) is 0 Å². The minimum atomic E-state index is -0.106. The summed E-state index contributed by atoms with van der Waals surface area (Å²) in [6.07, 6.45) is 15.9. The van der Waals surface area contributed by atoms with Gasteiger partial charge in [-0.3, -0.25) is 4.79 Å². The van der Waals surface area contributed by atoms with E-state index in [1.807, 2.05) is 0 Å². The lowest BCUT2D eigenvalue weighted by atomic mass is 10.0. The lowest BCUT2D eigenvalue weighted by molar-refractivity contribution is -0.140. The van der Waals surface area contributed by atoms with E-state index < -0.39 is 0 Å². The molecule has 0 unspecified atom stereocenters. The van der Waals surface area contributed by atoms with Crippen LogP contribution in [0.5, 0.6) is 0 Å². The van der Waals surface area contributed by atoms with Crippen LogP contribution in [0.3, 0.4) is 0 Å². The van der Waals surface area contributed by atoms with E-state index in [9.17, 15) is 4.79 Å². The molecular weight excluding hydrogens is 331 g/mol. The number of unbranched alkanes of at least 4 members (excludes halogenated alkanes) is 9. The number of alkyl halides is 2. The maximum Gasteiger partial charge on any atom is 0.305 e. The highest BCUT2D eigenvalue weighted by atomic mass is 35.5. The van der Waals surface area contributed by atoms with E-state index >= 15 is 0 Å². The molecule has 0 rings (SSSR count). The molecule has 0 aromatic heterocycles. The maximum absolute atomic E-state index is 11.0. The third-order valence-corrected chi connectivity index (χ3v) is 5.49. The van der Waals surface area contributed by atoms with Crippen molar-refractivity contribution < 1.29 is 9.53 Å². The second-order valence-electron chi connectivity index (χ2n) is 6.47. The summed E-state index contributed by atoms with van der Waals surface area (Å²) < 4.78 is 4.62. The van der Waals surface area contributed by atoms with Crippen molar-refractivity contribution in [3.05, 3.63) is 0 Å². The first-order chi connectivity index (χ1) is 11.1. The zero-order valence-electron chi connectivity index (χ0n) is 15.1. The minimum absolute atomic E-state index is 0.0994. The highest BCUT2D eigenvalue weighted by Gasteiger charge is 2.15. The molecule has 0 aliphatic carbocycles. The average Bonchev–Trinajstić information content (AvgIpc) is 2.56. The monoisotopic (exact) mass is 366 g/mol. The molecule has 23 heavy (non-hydrogen) atoms. The second kappa shape index (κ2) is 16.9. The Morgan fingerprint density at radius 3 is 1.70 bits per heavy atom. The number of hydrogen-bond donors (Lipinski definition) is 0. The molecule has 138 valence electrons. The molecule has 4 heteroatoms. The van der Waals surface area contributed by atoms with Crippen LogP contribution in [0.1, 0.15) is 96.8 Å². The molecule has 0 amide bonds. The van der Waals surface area contributed by atoms with Gasteiger partial charge in [-0.05, 0) is 19.3 Å². The Labute approximate surface area is 153 Å². The highest BCUT2D eigenvalue weighted by Crippen LogP contribution is 2.23. The standard InChI is InChI=1S/C19H36Cl2O2/c1-3-4-5-6-8-11-14-17(20)18(21)15-12-9-7-10-13-16-19(22)23-2/h17-18H,3-16H2,1-2H3/t17-,18-/m0/s1.